The number of nitrogens with zero attached hydrogens (tertiary/aromatic N) is 1. The van der Waals surface area contributed by atoms with Crippen molar-refractivity contribution in [1.82, 2.24) is 10.2 Å². The molecule has 2 amide bonds. The van der Waals surface area contributed by atoms with Gasteiger partial charge in [-0.1, -0.05) is 12.1 Å². The van der Waals surface area contributed by atoms with E-state index in [1.807, 2.05) is 4.90 Å². The number of carbonyl (C=O) groups is 2. The van der Waals surface area contributed by atoms with Gasteiger partial charge in [0, 0.05) is 26.1 Å². The molecule has 2 N–H and O–H groups in total. The average Bonchev–Trinajstić information content (AvgIpc) is 2.48. The molecule has 0 spiro atoms. The number of halogens is 3. The highest BCUT2D eigenvalue weighted by Crippen LogP contribution is 2.34. The minimum absolute atomic E-state index is 0.0268. The third kappa shape index (κ3) is 5.23. The number of amides is 2. The van der Waals surface area contributed by atoms with Gasteiger partial charge in [-0.15, -0.1) is 0 Å². The molecule has 5 nitrogen and oxygen atoms in total. The number of piperidine rings is 1. The number of rotatable bonds is 4. The fourth-order valence-electron chi connectivity index (χ4n) is 2.76. The van der Waals surface area contributed by atoms with Gasteiger partial charge < -0.3 is 10.6 Å². The van der Waals surface area contributed by atoms with Gasteiger partial charge in [-0.3, -0.25) is 14.5 Å². The van der Waals surface area contributed by atoms with Crippen LogP contribution in [0.4, 0.5) is 18.9 Å². The molecule has 1 heterocycles. The third-order valence-corrected chi connectivity index (χ3v) is 3.87. The van der Waals surface area contributed by atoms with Crippen LogP contribution in [-0.2, 0) is 15.8 Å². The number of anilines is 1. The number of alkyl halides is 3. The van der Waals surface area contributed by atoms with Crippen LogP contribution in [0.3, 0.4) is 0 Å². The molecule has 1 aromatic rings. The number of hydrogen-bond acceptors (Lipinski definition) is 3. The number of benzene rings is 1. The normalized spacial score (nSPS) is 16.7. The first-order chi connectivity index (χ1) is 11.3. The average molecular weight is 343 g/mol. The maximum absolute atomic E-state index is 12.9. The van der Waals surface area contributed by atoms with E-state index < -0.39 is 17.6 Å². The Kier molecular flexibility index (Phi) is 5.82. The van der Waals surface area contributed by atoms with Crippen LogP contribution >= 0.6 is 0 Å². The van der Waals surface area contributed by atoms with Crippen LogP contribution in [0.15, 0.2) is 24.3 Å². The molecule has 0 aliphatic carbocycles. The number of hydrogen-bond donors (Lipinski definition) is 2. The van der Waals surface area contributed by atoms with Gasteiger partial charge in [-0.2, -0.15) is 13.2 Å². The Balaban J connectivity index is 1.88. The van der Waals surface area contributed by atoms with Crippen molar-refractivity contribution in [3.05, 3.63) is 29.8 Å². The molecule has 0 bridgehead atoms. The standard InChI is InChI=1S/C16H20F3N3O2/c1-11(23)20-12-6-8-22(9-7-12)10-15(24)21-14-5-3-2-4-13(14)16(17,18)19/h2-5,12H,6-10H2,1H3,(H,20,23)(H,21,24). The van der Waals surface area contributed by atoms with Gasteiger partial charge in [0.25, 0.3) is 0 Å². The summed E-state index contributed by atoms with van der Waals surface area (Å²) in [7, 11) is 0. The second-order valence-corrected chi connectivity index (χ2v) is 5.84. The molecule has 1 aliphatic rings. The zero-order valence-corrected chi connectivity index (χ0v) is 13.3. The maximum atomic E-state index is 12.9. The molecule has 1 fully saturated rings. The van der Waals surface area contributed by atoms with Gasteiger partial charge in [0.15, 0.2) is 0 Å². The van der Waals surface area contributed by atoms with Crippen molar-refractivity contribution in [2.24, 2.45) is 0 Å². The predicted molar refractivity (Wildman–Crippen MR) is 83.4 cm³/mol. The molecule has 1 aliphatic heterocycles. The van der Waals surface area contributed by atoms with Crippen LogP contribution in [-0.4, -0.2) is 42.4 Å². The lowest BCUT2D eigenvalue weighted by Gasteiger charge is -2.31. The molecule has 24 heavy (non-hydrogen) atoms. The summed E-state index contributed by atoms with van der Waals surface area (Å²) in [5.74, 6) is -0.570. The summed E-state index contributed by atoms with van der Waals surface area (Å²) in [5.41, 5.74) is -1.09. The van der Waals surface area contributed by atoms with Crippen molar-refractivity contribution in [3.63, 3.8) is 0 Å². The van der Waals surface area contributed by atoms with Crippen molar-refractivity contribution >= 4 is 17.5 Å². The monoisotopic (exact) mass is 343 g/mol. The van der Waals surface area contributed by atoms with Gasteiger partial charge in [0.1, 0.15) is 0 Å². The summed E-state index contributed by atoms with van der Waals surface area (Å²) in [5, 5.41) is 5.17. The van der Waals surface area contributed by atoms with Crippen LogP contribution < -0.4 is 10.6 Å². The largest absolute Gasteiger partial charge is 0.418 e. The SMILES string of the molecule is CC(=O)NC1CCN(CC(=O)Nc2ccccc2C(F)(F)F)CC1. The Morgan fingerprint density at radius 1 is 1.21 bits per heavy atom. The Morgan fingerprint density at radius 3 is 2.42 bits per heavy atom. The Bertz CT molecular complexity index is 596. The quantitative estimate of drug-likeness (QED) is 0.881. The molecule has 1 aromatic carbocycles. The topological polar surface area (TPSA) is 61.4 Å². The summed E-state index contributed by atoms with van der Waals surface area (Å²) >= 11 is 0. The van der Waals surface area contributed by atoms with Crippen molar-refractivity contribution < 1.29 is 22.8 Å². The van der Waals surface area contributed by atoms with Crippen LogP contribution in [0.5, 0.6) is 0 Å². The van der Waals surface area contributed by atoms with E-state index in [2.05, 4.69) is 10.6 Å². The van der Waals surface area contributed by atoms with Crippen molar-refractivity contribution in [3.8, 4) is 0 Å². The molecule has 0 saturated carbocycles. The van der Waals surface area contributed by atoms with Gasteiger partial charge in [0.2, 0.25) is 11.8 Å². The molecular formula is C16H20F3N3O2. The van der Waals surface area contributed by atoms with E-state index >= 15 is 0 Å². The van der Waals surface area contributed by atoms with Crippen LogP contribution in [0, 0.1) is 0 Å². The first-order valence-electron chi connectivity index (χ1n) is 7.71. The van der Waals surface area contributed by atoms with Gasteiger partial charge in [0.05, 0.1) is 17.8 Å². The van der Waals surface area contributed by atoms with Gasteiger partial charge in [-0.25, -0.2) is 0 Å². The number of carbonyl (C=O) groups excluding carboxylic acids is 2. The predicted octanol–water partition coefficient (Wildman–Crippen LogP) is 2.24. The molecule has 0 atom stereocenters. The molecule has 0 aromatic heterocycles. The van der Waals surface area contributed by atoms with Gasteiger partial charge >= 0.3 is 6.18 Å². The van der Waals surface area contributed by atoms with E-state index in [-0.39, 0.29) is 24.2 Å². The smallest absolute Gasteiger partial charge is 0.354 e. The molecule has 8 heteroatoms. The van der Waals surface area contributed by atoms with Crippen molar-refractivity contribution in [2.75, 3.05) is 25.0 Å². The van der Waals surface area contributed by atoms with Crippen LogP contribution in [0.2, 0.25) is 0 Å². The van der Waals surface area contributed by atoms with E-state index in [1.165, 1.54) is 25.1 Å². The Labute approximate surface area is 138 Å². The molecule has 0 unspecified atom stereocenters. The van der Waals surface area contributed by atoms with Crippen LogP contribution in [0.1, 0.15) is 25.3 Å². The Morgan fingerprint density at radius 2 is 1.83 bits per heavy atom. The summed E-state index contributed by atoms with van der Waals surface area (Å²) in [6.07, 6.45) is -3.08. The molecule has 2 rings (SSSR count). The van der Waals surface area contributed by atoms with E-state index in [0.717, 1.165) is 6.07 Å². The highest BCUT2D eigenvalue weighted by Gasteiger charge is 2.33. The summed E-state index contributed by atoms with van der Waals surface area (Å²) in [4.78, 5) is 24.9. The first-order valence-corrected chi connectivity index (χ1v) is 7.71. The van der Waals surface area contributed by atoms with E-state index in [0.29, 0.717) is 25.9 Å². The fraction of sp³-hybridized carbons (Fsp3) is 0.500. The molecule has 132 valence electrons. The lowest BCUT2D eigenvalue weighted by atomic mass is 10.1. The molecular weight excluding hydrogens is 323 g/mol. The molecule has 1 saturated heterocycles. The van der Waals surface area contributed by atoms with E-state index in [1.54, 1.807) is 0 Å². The highest BCUT2D eigenvalue weighted by atomic mass is 19.4. The van der Waals surface area contributed by atoms with E-state index in [4.69, 9.17) is 0 Å². The third-order valence-electron chi connectivity index (χ3n) is 3.87. The summed E-state index contributed by atoms with van der Waals surface area (Å²) in [6.45, 7) is 2.70. The van der Waals surface area contributed by atoms with Crippen molar-refractivity contribution in [1.29, 1.82) is 0 Å². The van der Waals surface area contributed by atoms with E-state index in [9.17, 15) is 22.8 Å². The lowest BCUT2D eigenvalue weighted by molar-refractivity contribution is -0.137. The van der Waals surface area contributed by atoms with Crippen molar-refractivity contribution in [2.45, 2.75) is 32.0 Å². The first kappa shape index (κ1) is 18.3. The highest BCUT2D eigenvalue weighted by molar-refractivity contribution is 5.93. The number of para-hydroxylation sites is 1. The fourth-order valence-corrected chi connectivity index (χ4v) is 2.76. The lowest BCUT2D eigenvalue weighted by Crippen LogP contribution is -2.46. The zero-order valence-electron chi connectivity index (χ0n) is 13.3. The number of likely N-dealkylation sites (tertiary alicyclic amines) is 1. The minimum atomic E-state index is -4.51. The van der Waals surface area contributed by atoms with Gasteiger partial charge in [-0.05, 0) is 25.0 Å². The number of nitrogens with one attached hydrogen (secondary N) is 2. The Hall–Kier alpha value is -2.09. The molecule has 0 radical (unpaired) electrons. The maximum Gasteiger partial charge on any atom is 0.418 e. The minimum Gasteiger partial charge on any atom is -0.354 e. The second kappa shape index (κ2) is 7.65. The summed E-state index contributed by atoms with van der Waals surface area (Å²) in [6, 6.07) is 5.00. The summed E-state index contributed by atoms with van der Waals surface area (Å²) < 4.78 is 38.7. The van der Waals surface area contributed by atoms with Crippen LogP contribution in [0.25, 0.3) is 0 Å². The second-order valence-electron chi connectivity index (χ2n) is 5.84. The zero-order chi connectivity index (χ0) is 17.7.